The minimum atomic E-state index is -1.21. The van der Waals surface area contributed by atoms with E-state index in [1.807, 2.05) is 0 Å². The number of rotatable bonds is 6. The van der Waals surface area contributed by atoms with Crippen molar-refractivity contribution in [3.8, 4) is 0 Å². The van der Waals surface area contributed by atoms with E-state index in [0.29, 0.717) is 0 Å². The molecule has 0 radical (unpaired) electrons. The molecule has 0 rings (SSSR count). The molecule has 5 nitrogen and oxygen atoms in total. The maximum atomic E-state index is 9.46. The summed E-state index contributed by atoms with van der Waals surface area (Å²) in [6, 6.07) is 0. The fraction of sp³-hybridized carbons (Fsp3) is 1.00. The number of aliphatic hydroxyl groups is 3. The SMILES string of the molecule is COC([C@H](C)OC)[C@@H](O)[C@H](O)CO. The second kappa shape index (κ2) is 6.28. The fourth-order valence-electron chi connectivity index (χ4n) is 1.07. The quantitative estimate of drug-likeness (QED) is 0.492. The minimum Gasteiger partial charge on any atom is -0.394 e. The largest absolute Gasteiger partial charge is 0.394 e. The molecule has 0 saturated carbocycles. The molecule has 4 atom stereocenters. The Kier molecular flexibility index (Phi) is 6.19. The molecule has 0 aliphatic carbocycles. The van der Waals surface area contributed by atoms with Crippen molar-refractivity contribution in [1.82, 2.24) is 0 Å². The fourth-order valence-corrected chi connectivity index (χ4v) is 1.07. The summed E-state index contributed by atoms with van der Waals surface area (Å²) in [7, 11) is 2.89. The van der Waals surface area contributed by atoms with Crippen LogP contribution in [0.4, 0.5) is 0 Å². The Labute approximate surface area is 77.9 Å². The Morgan fingerprint density at radius 1 is 1.15 bits per heavy atom. The van der Waals surface area contributed by atoms with Gasteiger partial charge in [0.15, 0.2) is 0 Å². The third kappa shape index (κ3) is 3.58. The molecular weight excluding hydrogens is 176 g/mol. The van der Waals surface area contributed by atoms with Gasteiger partial charge in [-0.1, -0.05) is 0 Å². The molecule has 80 valence electrons. The number of hydrogen-bond acceptors (Lipinski definition) is 5. The van der Waals surface area contributed by atoms with Crippen molar-refractivity contribution >= 4 is 0 Å². The smallest absolute Gasteiger partial charge is 0.111 e. The Hall–Kier alpha value is -0.200. The van der Waals surface area contributed by atoms with Gasteiger partial charge in [-0.25, -0.2) is 0 Å². The molecule has 3 N–H and O–H groups in total. The minimum absolute atomic E-state index is 0.346. The molecule has 0 aromatic heterocycles. The summed E-state index contributed by atoms with van der Waals surface area (Å²) in [6.07, 6.45) is -3.35. The number of aliphatic hydroxyl groups excluding tert-OH is 3. The lowest BCUT2D eigenvalue weighted by molar-refractivity contribution is -0.132. The van der Waals surface area contributed by atoms with Crippen LogP contribution in [0.2, 0.25) is 0 Å². The lowest BCUT2D eigenvalue weighted by Crippen LogP contribution is -2.46. The van der Waals surface area contributed by atoms with E-state index in [-0.39, 0.29) is 6.10 Å². The van der Waals surface area contributed by atoms with Gasteiger partial charge in [0.1, 0.15) is 18.3 Å². The molecule has 0 spiro atoms. The molecule has 0 saturated heterocycles. The van der Waals surface area contributed by atoms with Gasteiger partial charge in [0, 0.05) is 14.2 Å². The highest BCUT2D eigenvalue weighted by atomic mass is 16.5. The van der Waals surface area contributed by atoms with E-state index in [9.17, 15) is 5.11 Å². The van der Waals surface area contributed by atoms with Crippen molar-refractivity contribution in [2.75, 3.05) is 20.8 Å². The Morgan fingerprint density at radius 3 is 2.00 bits per heavy atom. The first-order valence-corrected chi connectivity index (χ1v) is 4.11. The zero-order valence-corrected chi connectivity index (χ0v) is 8.17. The summed E-state index contributed by atoms with van der Waals surface area (Å²) in [6.45, 7) is 1.21. The van der Waals surface area contributed by atoms with Crippen molar-refractivity contribution in [3.05, 3.63) is 0 Å². The lowest BCUT2D eigenvalue weighted by Gasteiger charge is -2.28. The van der Waals surface area contributed by atoms with Gasteiger partial charge < -0.3 is 24.8 Å². The summed E-state index contributed by atoms with van der Waals surface area (Å²) < 4.78 is 9.88. The van der Waals surface area contributed by atoms with Crippen LogP contribution in [0.25, 0.3) is 0 Å². The zero-order valence-electron chi connectivity index (χ0n) is 8.17. The van der Waals surface area contributed by atoms with Crippen molar-refractivity contribution in [1.29, 1.82) is 0 Å². The Bertz CT molecular complexity index is 130. The van der Waals surface area contributed by atoms with Crippen LogP contribution < -0.4 is 0 Å². The van der Waals surface area contributed by atoms with Crippen LogP contribution in [0.1, 0.15) is 6.92 Å². The third-order valence-corrected chi connectivity index (χ3v) is 2.02. The summed E-state index contributed by atoms with van der Waals surface area (Å²) in [5, 5.41) is 27.2. The first-order valence-electron chi connectivity index (χ1n) is 4.11. The van der Waals surface area contributed by atoms with Crippen LogP contribution in [-0.2, 0) is 9.47 Å². The zero-order chi connectivity index (χ0) is 10.4. The summed E-state index contributed by atoms with van der Waals surface area (Å²) in [5.74, 6) is 0. The molecule has 0 heterocycles. The standard InChI is InChI=1S/C8H18O5/c1-5(12-2)8(13-3)7(11)6(10)4-9/h5-11H,4H2,1-3H3/t5-,6+,7-,8?/m0/s1. The third-order valence-electron chi connectivity index (χ3n) is 2.02. The van der Waals surface area contributed by atoms with E-state index >= 15 is 0 Å². The highest BCUT2D eigenvalue weighted by Gasteiger charge is 2.30. The average Bonchev–Trinajstić information content (AvgIpc) is 2.17. The van der Waals surface area contributed by atoms with Gasteiger partial charge in [0.2, 0.25) is 0 Å². The Balaban J connectivity index is 4.21. The molecule has 0 bridgehead atoms. The van der Waals surface area contributed by atoms with Crippen LogP contribution in [0, 0.1) is 0 Å². The second-order valence-corrected chi connectivity index (χ2v) is 2.88. The normalized spacial score (nSPS) is 20.8. The number of methoxy groups -OCH3 is 2. The molecule has 0 fully saturated rings. The monoisotopic (exact) mass is 194 g/mol. The maximum absolute atomic E-state index is 9.46. The molecule has 0 aromatic rings. The van der Waals surface area contributed by atoms with Crippen LogP contribution >= 0.6 is 0 Å². The predicted molar refractivity (Wildman–Crippen MR) is 46.4 cm³/mol. The van der Waals surface area contributed by atoms with Crippen LogP contribution in [0.5, 0.6) is 0 Å². The predicted octanol–water partition coefficient (Wildman–Crippen LogP) is -1.25. The van der Waals surface area contributed by atoms with Crippen molar-refractivity contribution in [2.24, 2.45) is 0 Å². The van der Waals surface area contributed by atoms with Gasteiger partial charge in [-0.3, -0.25) is 0 Å². The van der Waals surface area contributed by atoms with E-state index in [1.165, 1.54) is 14.2 Å². The summed E-state index contributed by atoms with van der Waals surface area (Å²) >= 11 is 0. The number of ether oxygens (including phenoxy) is 2. The van der Waals surface area contributed by atoms with E-state index < -0.39 is 24.9 Å². The number of hydrogen-bond donors (Lipinski definition) is 3. The van der Waals surface area contributed by atoms with Crippen LogP contribution in [0.15, 0.2) is 0 Å². The molecule has 0 aromatic carbocycles. The molecule has 0 aliphatic rings. The highest BCUT2D eigenvalue weighted by molar-refractivity contribution is 4.80. The Morgan fingerprint density at radius 2 is 1.69 bits per heavy atom. The molecule has 5 heteroatoms. The van der Waals surface area contributed by atoms with E-state index in [2.05, 4.69) is 0 Å². The topological polar surface area (TPSA) is 79.2 Å². The van der Waals surface area contributed by atoms with E-state index in [4.69, 9.17) is 19.7 Å². The summed E-state index contributed by atoms with van der Waals surface area (Å²) in [4.78, 5) is 0. The van der Waals surface area contributed by atoms with E-state index in [0.717, 1.165) is 0 Å². The van der Waals surface area contributed by atoms with Gasteiger partial charge in [0.25, 0.3) is 0 Å². The van der Waals surface area contributed by atoms with E-state index in [1.54, 1.807) is 6.92 Å². The lowest BCUT2D eigenvalue weighted by atomic mass is 10.0. The molecule has 13 heavy (non-hydrogen) atoms. The van der Waals surface area contributed by atoms with Crippen LogP contribution in [-0.4, -0.2) is 60.6 Å². The molecule has 0 aliphatic heterocycles. The first-order chi connectivity index (χ1) is 6.08. The van der Waals surface area contributed by atoms with Gasteiger partial charge in [-0.15, -0.1) is 0 Å². The van der Waals surface area contributed by atoms with Crippen molar-refractivity contribution in [2.45, 2.75) is 31.3 Å². The van der Waals surface area contributed by atoms with Gasteiger partial charge in [-0.05, 0) is 6.92 Å². The van der Waals surface area contributed by atoms with Crippen molar-refractivity contribution in [3.63, 3.8) is 0 Å². The average molecular weight is 194 g/mol. The molecular formula is C8H18O5. The molecule has 1 unspecified atom stereocenters. The summed E-state index contributed by atoms with van der Waals surface area (Å²) in [5.41, 5.74) is 0. The molecule has 0 amide bonds. The highest BCUT2D eigenvalue weighted by Crippen LogP contribution is 2.10. The van der Waals surface area contributed by atoms with Gasteiger partial charge >= 0.3 is 0 Å². The van der Waals surface area contributed by atoms with Gasteiger partial charge in [-0.2, -0.15) is 0 Å². The first kappa shape index (κ1) is 12.8. The van der Waals surface area contributed by atoms with Crippen LogP contribution in [0.3, 0.4) is 0 Å². The van der Waals surface area contributed by atoms with Gasteiger partial charge in [0.05, 0.1) is 12.7 Å². The maximum Gasteiger partial charge on any atom is 0.111 e. The second-order valence-electron chi connectivity index (χ2n) is 2.88. The van der Waals surface area contributed by atoms with Crippen molar-refractivity contribution < 1.29 is 24.8 Å².